The molecule has 1 aromatic heterocycles. The predicted octanol–water partition coefficient (Wildman–Crippen LogP) is 3.02. The van der Waals surface area contributed by atoms with Gasteiger partial charge in [-0.2, -0.15) is 0 Å². The first kappa shape index (κ1) is 14.5. The van der Waals surface area contributed by atoms with E-state index in [9.17, 15) is 9.59 Å². The Labute approximate surface area is 124 Å². The van der Waals surface area contributed by atoms with Crippen molar-refractivity contribution in [1.82, 2.24) is 5.32 Å². The molecule has 0 bridgehead atoms. The highest BCUT2D eigenvalue weighted by Gasteiger charge is 2.35. The van der Waals surface area contributed by atoms with Crippen LogP contribution in [0.3, 0.4) is 0 Å². The van der Waals surface area contributed by atoms with E-state index in [-0.39, 0.29) is 11.8 Å². The van der Waals surface area contributed by atoms with Gasteiger partial charge >= 0.3 is 5.97 Å². The van der Waals surface area contributed by atoms with Gasteiger partial charge in [-0.25, -0.2) is 0 Å². The van der Waals surface area contributed by atoms with Crippen LogP contribution in [0.15, 0.2) is 15.9 Å². The van der Waals surface area contributed by atoms with Crippen LogP contribution in [0.5, 0.6) is 0 Å². The van der Waals surface area contributed by atoms with Crippen molar-refractivity contribution in [3.63, 3.8) is 0 Å². The maximum absolute atomic E-state index is 12.1. The van der Waals surface area contributed by atoms with Gasteiger partial charge in [-0.05, 0) is 34.8 Å². The first-order chi connectivity index (χ1) is 9.08. The van der Waals surface area contributed by atoms with E-state index >= 15 is 0 Å². The third-order valence-corrected chi connectivity index (χ3v) is 5.18. The van der Waals surface area contributed by atoms with Crippen LogP contribution in [0.2, 0.25) is 0 Å². The highest BCUT2D eigenvalue weighted by molar-refractivity contribution is 9.10. The number of thiophene rings is 1. The van der Waals surface area contributed by atoms with Gasteiger partial charge in [0.2, 0.25) is 5.91 Å². The highest BCUT2D eigenvalue weighted by Crippen LogP contribution is 2.30. The first-order valence-corrected chi connectivity index (χ1v) is 7.98. The van der Waals surface area contributed by atoms with Crippen molar-refractivity contribution < 1.29 is 14.7 Å². The summed E-state index contributed by atoms with van der Waals surface area (Å²) in [6.07, 6.45) is 3.12. The number of carbonyl (C=O) groups is 2. The van der Waals surface area contributed by atoms with Crippen molar-refractivity contribution in [3.8, 4) is 0 Å². The molecule has 1 aromatic rings. The quantitative estimate of drug-likeness (QED) is 0.881. The molecule has 4 nitrogen and oxygen atoms in total. The third-order valence-electron chi connectivity index (χ3n) is 3.48. The largest absolute Gasteiger partial charge is 0.481 e. The molecule has 1 aliphatic rings. The van der Waals surface area contributed by atoms with Crippen LogP contribution in [0, 0.1) is 11.8 Å². The zero-order valence-electron chi connectivity index (χ0n) is 10.4. The summed E-state index contributed by atoms with van der Waals surface area (Å²) in [4.78, 5) is 24.3. The zero-order chi connectivity index (χ0) is 13.8. The molecule has 2 rings (SSSR count). The van der Waals surface area contributed by atoms with Gasteiger partial charge in [-0.15, -0.1) is 11.3 Å². The number of nitrogens with one attached hydrogen (secondary N) is 1. The van der Waals surface area contributed by atoms with E-state index in [1.165, 1.54) is 0 Å². The van der Waals surface area contributed by atoms with Gasteiger partial charge in [0.1, 0.15) is 0 Å². The Bertz CT molecular complexity index is 474. The lowest BCUT2D eigenvalue weighted by Crippen LogP contribution is -2.39. The number of carboxylic acid groups (broad SMARTS) is 1. The number of halogens is 1. The van der Waals surface area contributed by atoms with Crippen molar-refractivity contribution in [2.45, 2.75) is 32.2 Å². The zero-order valence-corrected chi connectivity index (χ0v) is 12.8. The molecule has 6 heteroatoms. The van der Waals surface area contributed by atoms with E-state index in [1.807, 2.05) is 11.4 Å². The molecule has 1 heterocycles. The number of carboxylic acids is 1. The molecule has 0 saturated heterocycles. The lowest BCUT2D eigenvalue weighted by atomic mass is 9.79. The van der Waals surface area contributed by atoms with Crippen LogP contribution < -0.4 is 5.32 Å². The minimum absolute atomic E-state index is 0.128. The maximum Gasteiger partial charge on any atom is 0.307 e. The van der Waals surface area contributed by atoms with Gasteiger partial charge in [0.25, 0.3) is 0 Å². The number of hydrogen-bond donors (Lipinski definition) is 2. The Kier molecular flexibility index (Phi) is 4.99. The number of rotatable bonds is 4. The van der Waals surface area contributed by atoms with Gasteiger partial charge in [-0.3, -0.25) is 9.59 Å². The van der Waals surface area contributed by atoms with Crippen LogP contribution >= 0.6 is 27.3 Å². The molecule has 1 saturated carbocycles. The number of carbonyl (C=O) groups excluding carboxylic acids is 1. The number of amides is 1. The average Bonchev–Trinajstić information content (AvgIpc) is 2.81. The second-order valence-corrected chi connectivity index (χ2v) is 6.70. The van der Waals surface area contributed by atoms with E-state index in [4.69, 9.17) is 5.11 Å². The van der Waals surface area contributed by atoms with Crippen molar-refractivity contribution in [2.24, 2.45) is 11.8 Å². The van der Waals surface area contributed by atoms with E-state index in [0.29, 0.717) is 19.4 Å². The van der Waals surface area contributed by atoms with Crippen molar-refractivity contribution in [1.29, 1.82) is 0 Å². The number of hydrogen-bond acceptors (Lipinski definition) is 3. The van der Waals surface area contributed by atoms with Gasteiger partial charge in [0.15, 0.2) is 0 Å². The summed E-state index contributed by atoms with van der Waals surface area (Å²) in [6.45, 7) is 0.470. The van der Waals surface area contributed by atoms with Crippen molar-refractivity contribution in [3.05, 3.63) is 20.8 Å². The topological polar surface area (TPSA) is 66.4 Å². The molecular weight excluding hydrogens is 330 g/mol. The number of aliphatic carboxylic acids is 1. The summed E-state index contributed by atoms with van der Waals surface area (Å²) in [5, 5.41) is 14.0. The molecular formula is C13H16BrNO3S. The van der Waals surface area contributed by atoms with Crippen molar-refractivity contribution in [2.75, 3.05) is 0 Å². The van der Waals surface area contributed by atoms with E-state index in [0.717, 1.165) is 22.2 Å². The summed E-state index contributed by atoms with van der Waals surface area (Å²) in [6, 6.07) is 1.96. The molecule has 104 valence electrons. The van der Waals surface area contributed by atoms with E-state index in [1.54, 1.807) is 11.3 Å². The van der Waals surface area contributed by atoms with Crippen molar-refractivity contribution >= 4 is 39.1 Å². The standard InChI is InChI=1S/C13H16BrNO3S/c14-8-5-9(19-7-8)6-15-12(16)10-3-1-2-4-11(10)13(17)18/h5,7,10-11H,1-4,6H2,(H,15,16)(H,17,18)/t10-,11+/m1/s1. The lowest BCUT2D eigenvalue weighted by Gasteiger charge is -2.27. The maximum atomic E-state index is 12.1. The molecule has 19 heavy (non-hydrogen) atoms. The van der Waals surface area contributed by atoms with Gasteiger partial charge in [0.05, 0.1) is 18.4 Å². The second-order valence-electron chi connectivity index (χ2n) is 4.78. The Morgan fingerprint density at radius 1 is 1.37 bits per heavy atom. The first-order valence-electron chi connectivity index (χ1n) is 6.31. The molecule has 0 spiro atoms. The fourth-order valence-electron chi connectivity index (χ4n) is 2.49. The lowest BCUT2D eigenvalue weighted by molar-refractivity contribution is -0.148. The molecule has 1 amide bonds. The van der Waals surface area contributed by atoms with Gasteiger partial charge < -0.3 is 10.4 Å². The molecule has 2 atom stereocenters. The van der Waals surface area contributed by atoms with E-state index < -0.39 is 11.9 Å². The van der Waals surface area contributed by atoms with E-state index in [2.05, 4.69) is 21.2 Å². The molecule has 0 aliphatic heterocycles. The summed E-state index contributed by atoms with van der Waals surface area (Å²) >= 11 is 4.93. The molecule has 1 fully saturated rings. The second kappa shape index (κ2) is 6.52. The summed E-state index contributed by atoms with van der Waals surface area (Å²) in [7, 11) is 0. The average molecular weight is 346 g/mol. The van der Waals surface area contributed by atoms with Crippen LogP contribution in [-0.4, -0.2) is 17.0 Å². The Morgan fingerprint density at radius 3 is 2.63 bits per heavy atom. The highest BCUT2D eigenvalue weighted by atomic mass is 79.9. The Morgan fingerprint density at radius 2 is 2.05 bits per heavy atom. The minimum atomic E-state index is -0.848. The fraction of sp³-hybridized carbons (Fsp3) is 0.538. The summed E-state index contributed by atoms with van der Waals surface area (Å²) in [5.74, 6) is -1.88. The molecule has 0 aromatic carbocycles. The minimum Gasteiger partial charge on any atom is -0.481 e. The molecule has 0 unspecified atom stereocenters. The summed E-state index contributed by atoms with van der Waals surface area (Å²) in [5.41, 5.74) is 0. The fourth-order valence-corrected chi connectivity index (χ4v) is 3.88. The predicted molar refractivity (Wildman–Crippen MR) is 76.9 cm³/mol. The Hall–Kier alpha value is -0.880. The van der Waals surface area contributed by atoms with Crippen LogP contribution in [-0.2, 0) is 16.1 Å². The molecule has 2 N–H and O–H groups in total. The molecule has 1 aliphatic carbocycles. The van der Waals surface area contributed by atoms with Gasteiger partial charge in [-0.1, -0.05) is 12.8 Å². The third kappa shape index (κ3) is 3.79. The smallest absolute Gasteiger partial charge is 0.307 e. The Balaban J connectivity index is 1.92. The van der Waals surface area contributed by atoms with Crippen LogP contribution in [0.1, 0.15) is 30.6 Å². The monoisotopic (exact) mass is 345 g/mol. The summed E-state index contributed by atoms with van der Waals surface area (Å²) < 4.78 is 1.00. The molecule has 0 radical (unpaired) electrons. The van der Waals surface area contributed by atoms with Crippen LogP contribution in [0.4, 0.5) is 0 Å². The SMILES string of the molecule is O=C(O)[C@H]1CCCC[C@H]1C(=O)NCc1cc(Br)cs1. The van der Waals surface area contributed by atoms with Crippen LogP contribution in [0.25, 0.3) is 0 Å². The normalized spacial score (nSPS) is 23.0. The van der Waals surface area contributed by atoms with Gasteiger partial charge in [0, 0.05) is 14.7 Å².